The summed E-state index contributed by atoms with van der Waals surface area (Å²) in [5.41, 5.74) is 4.54. The third-order valence-electron chi connectivity index (χ3n) is 5.38. The van der Waals surface area contributed by atoms with Gasteiger partial charge >= 0.3 is 0 Å². The van der Waals surface area contributed by atoms with Crippen molar-refractivity contribution in [3.8, 4) is 11.3 Å². The summed E-state index contributed by atoms with van der Waals surface area (Å²) in [6.45, 7) is 2.26. The first-order valence-electron chi connectivity index (χ1n) is 10.3. The smallest absolute Gasteiger partial charge is 0.171 e. The number of nitrogens with one attached hydrogen (secondary N) is 2. The van der Waals surface area contributed by atoms with E-state index in [1.165, 1.54) is 11.1 Å². The molecular weight excluding hydrogens is 440 g/mol. The van der Waals surface area contributed by atoms with E-state index in [1.54, 1.807) is 6.20 Å². The van der Waals surface area contributed by atoms with Crippen molar-refractivity contribution < 1.29 is 4.42 Å². The topological polar surface area (TPSA) is 53.3 Å². The van der Waals surface area contributed by atoms with E-state index >= 15 is 0 Å². The van der Waals surface area contributed by atoms with Crippen LogP contribution < -0.4 is 15.5 Å². The van der Waals surface area contributed by atoms with Gasteiger partial charge in [-0.05, 0) is 71.9 Å². The van der Waals surface area contributed by atoms with Crippen LogP contribution in [0.1, 0.15) is 16.9 Å². The van der Waals surface area contributed by atoms with E-state index in [0.717, 1.165) is 41.7 Å². The maximum Gasteiger partial charge on any atom is 0.171 e. The summed E-state index contributed by atoms with van der Waals surface area (Å²) in [7, 11) is 0. The number of benzene rings is 2. The average Bonchev–Trinajstić information content (AvgIpc) is 3.46. The van der Waals surface area contributed by atoms with E-state index in [-0.39, 0.29) is 0 Å². The molecule has 0 spiro atoms. The van der Waals surface area contributed by atoms with Crippen LogP contribution in [0.3, 0.4) is 0 Å². The van der Waals surface area contributed by atoms with E-state index in [0.29, 0.717) is 16.7 Å². The van der Waals surface area contributed by atoms with E-state index in [2.05, 4.69) is 44.8 Å². The molecule has 0 fully saturated rings. The average molecular weight is 461 g/mol. The second-order valence-electron chi connectivity index (χ2n) is 7.61. The van der Waals surface area contributed by atoms with Gasteiger partial charge in [0.2, 0.25) is 0 Å². The third kappa shape index (κ3) is 4.61. The Labute approximate surface area is 197 Å². The van der Waals surface area contributed by atoms with Gasteiger partial charge in [-0.15, -0.1) is 0 Å². The van der Waals surface area contributed by atoms with Crippen LogP contribution in [0.5, 0.6) is 0 Å². The predicted octanol–water partition coefficient (Wildman–Crippen LogP) is 6.00. The Morgan fingerprint density at radius 2 is 1.72 bits per heavy atom. The van der Waals surface area contributed by atoms with Gasteiger partial charge in [-0.1, -0.05) is 35.9 Å². The van der Waals surface area contributed by atoms with Gasteiger partial charge in [0.25, 0.3) is 0 Å². The number of aromatic nitrogens is 1. The Balaban J connectivity index is 1.14. The largest absolute Gasteiger partial charge is 0.459 e. The highest BCUT2D eigenvalue weighted by atomic mass is 35.5. The number of nitrogens with zero attached hydrogens (tertiary/aromatic N) is 2. The van der Waals surface area contributed by atoms with Crippen LogP contribution in [0.25, 0.3) is 11.3 Å². The molecule has 0 bridgehead atoms. The fourth-order valence-electron chi connectivity index (χ4n) is 3.73. The summed E-state index contributed by atoms with van der Waals surface area (Å²) in [6, 6.07) is 23.9. The minimum absolute atomic E-state index is 0.483. The number of thiocarbonyl (C=S) groups is 1. The van der Waals surface area contributed by atoms with Gasteiger partial charge in [-0.2, -0.15) is 0 Å². The second-order valence-corrected chi connectivity index (χ2v) is 8.46. The monoisotopic (exact) mass is 460 g/mol. The molecule has 5 nitrogen and oxygen atoms in total. The van der Waals surface area contributed by atoms with E-state index < -0.39 is 0 Å². The first-order valence-corrected chi connectivity index (χ1v) is 11.1. The zero-order valence-electron chi connectivity index (χ0n) is 17.2. The van der Waals surface area contributed by atoms with Gasteiger partial charge in [0.15, 0.2) is 5.11 Å². The minimum atomic E-state index is 0.483. The molecule has 5 rings (SSSR count). The Bertz CT molecular complexity index is 1210. The summed E-state index contributed by atoms with van der Waals surface area (Å²) in [5, 5.41) is 7.56. The molecule has 0 radical (unpaired) electrons. The number of fused-ring (bicyclic) bond motifs is 1. The molecular formula is C25H21ClN4OS. The van der Waals surface area contributed by atoms with Crippen molar-refractivity contribution in [3.63, 3.8) is 0 Å². The molecule has 2 aromatic heterocycles. The van der Waals surface area contributed by atoms with Gasteiger partial charge in [-0.25, -0.2) is 4.98 Å². The van der Waals surface area contributed by atoms with E-state index in [9.17, 15) is 0 Å². The molecule has 1 aliphatic rings. The number of pyridine rings is 1. The van der Waals surface area contributed by atoms with Crippen LogP contribution in [0, 0.1) is 0 Å². The van der Waals surface area contributed by atoms with Gasteiger partial charge < -0.3 is 20.0 Å². The lowest BCUT2D eigenvalue weighted by atomic mass is 10.1. The van der Waals surface area contributed by atoms with Crippen molar-refractivity contribution in [2.24, 2.45) is 0 Å². The molecule has 160 valence electrons. The van der Waals surface area contributed by atoms with Crippen molar-refractivity contribution in [1.82, 2.24) is 10.3 Å². The number of anilines is 2. The summed E-state index contributed by atoms with van der Waals surface area (Å²) in [6.07, 6.45) is 1.80. The van der Waals surface area contributed by atoms with Gasteiger partial charge in [-0.3, -0.25) is 0 Å². The van der Waals surface area contributed by atoms with Crippen molar-refractivity contribution in [2.45, 2.75) is 19.6 Å². The highest BCUT2D eigenvalue weighted by Crippen LogP contribution is 2.27. The molecule has 0 aliphatic carbocycles. The van der Waals surface area contributed by atoms with Crippen LogP contribution in [0.15, 0.2) is 83.4 Å². The Morgan fingerprint density at radius 3 is 2.41 bits per heavy atom. The standard InChI is InChI=1S/C25H21ClN4OS/c26-20-7-5-17(6-8-20)23-11-10-22(31-23)14-28-25(32)29-21-9-12-24(27-13-21)30-15-18-3-1-2-4-19(18)16-30/h1-13H,14-16H2,(H2,28,29,32). The van der Waals surface area contributed by atoms with Crippen molar-refractivity contribution in [2.75, 3.05) is 10.2 Å². The molecule has 0 atom stereocenters. The number of hydrogen-bond donors (Lipinski definition) is 2. The fourth-order valence-corrected chi connectivity index (χ4v) is 4.04. The molecule has 32 heavy (non-hydrogen) atoms. The lowest BCUT2D eigenvalue weighted by molar-refractivity contribution is 0.516. The molecule has 0 saturated carbocycles. The van der Waals surface area contributed by atoms with Crippen LogP contribution in [-0.2, 0) is 19.6 Å². The Hall–Kier alpha value is -3.35. The summed E-state index contributed by atoms with van der Waals surface area (Å²) in [4.78, 5) is 6.87. The van der Waals surface area contributed by atoms with E-state index in [1.807, 2.05) is 48.5 Å². The zero-order valence-corrected chi connectivity index (χ0v) is 18.8. The number of rotatable bonds is 5. The van der Waals surface area contributed by atoms with Crippen LogP contribution in [0.4, 0.5) is 11.5 Å². The molecule has 2 N–H and O–H groups in total. The van der Waals surface area contributed by atoms with Gasteiger partial charge in [0, 0.05) is 23.7 Å². The lowest BCUT2D eigenvalue weighted by Gasteiger charge is -2.17. The maximum absolute atomic E-state index is 5.95. The zero-order chi connectivity index (χ0) is 21.9. The quantitative estimate of drug-likeness (QED) is 0.356. The maximum atomic E-state index is 5.95. The molecule has 4 aromatic rings. The summed E-state index contributed by atoms with van der Waals surface area (Å²) >= 11 is 11.4. The van der Waals surface area contributed by atoms with E-state index in [4.69, 9.17) is 28.2 Å². The molecule has 1 aliphatic heterocycles. The fraction of sp³-hybridized carbons (Fsp3) is 0.120. The van der Waals surface area contributed by atoms with Crippen LogP contribution in [0.2, 0.25) is 5.02 Å². The SMILES string of the molecule is S=C(NCc1ccc(-c2ccc(Cl)cc2)o1)Nc1ccc(N2Cc3ccccc3C2)nc1. The molecule has 2 aromatic carbocycles. The third-order valence-corrected chi connectivity index (χ3v) is 5.88. The van der Waals surface area contributed by atoms with Gasteiger partial charge in [0.1, 0.15) is 17.3 Å². The summed E-state index contributed by atoms with van der Waals surface area (Å²) < 4.78 is 5.90. The van der Waals surface area contributed by atoms with Crippen molar-refractivity contribution >= 4 is 40.4 Å². The van der Waals surface area contributed by atoms with Crippen molar-refractivity contribution in [3.05, 3.63) is 101 Å². The predicted molar refractivity (Wildman–Crippen MR) is 133 cm³/mol. The number of hydrogen-bond acceptors (Lipinski definition) is 4. The first kappa shape index (κ1) is 20.5. The van der Waals surface area contributed by atoms with Crippen LogP contribution >= 0.6 is 23.8 Å². The highest BCUT2D eigenvalue weighted by Gasteiger charge is 2.19. The summed E-state index contributed by atoms with van der Waals surface area (Å²) in [5.74, 6) is 2.54. The Kier molecular flexibility index (Phi) is 5.79. The molecule has 0 amide bonds. The minimum Gasteiger partial charge on any atom is -0.459 e. The Morgan fingerprint density at radius 1 is 0.969 bits per heavy atom. The molecule has 3 heterocycles. The van der Waals surface area contributed by atoms with Crippen molar-refractivity contribution in [1.29, 1.82) is 0 Å². The number of halogens is 1. The highest BCUT2D eigenvalue weighted by molar-refractivity contribution is 7.80. The second kappa shape index (κ2) is 9.02. The first-order chi connectivity index (χ1) is 15.6. The molecule has 0 unspecified atom stereocenters. The van der Waals surface area contributed by atoms with Crippen LogP contribution in [-0.4, -0.2) is 10.1 Å². The normalized spacial score (nSPS) is 12.5. The van der Waals surface area contributed by atoms with Gasteiger partial charge in [0.05, 0.1) is 18.4 Å². The molecule has 0 saturated heterocycles. The molecule has 7 heteroatoms. The number of furan rings is 1. The lowest BCUT2D eigenvalue weighted by Crippen LogP contribution is -2.27.